The predicted octanol–water partition coefficient (Wildman–Crippen LogP) is 4.19. The summed E-state index contributed by atoms with van der Waals surface area (Å²) in [4.78, 5) is 16.0. The standard InChI is InChI=1S/C23H31N3O5.HI/c1-15-19(22(27)29-4)12-18(30-15)14-26-23(24-2)25-13-16-8-7-11-20(28-3)21(16)31-17-9-5-6-10-17;/h7-8,11-12,17H,5-6,9-10,13-14H2,1-4H3,(H2,24,25,26);1H. The summed E-state index contributed by atoms with van der Waals surface area (Å²) in [5, 5.41) is 6.49. The number of carbonyl (C=O) groups excluding carboxylic acids is 1. The summed E-state index contributed by atoms with van der Waals surface area (Å²) in [5.74, 6) is 2.84. The molecule has 0 radical (unpaired) electrons. The molecule has 0 bridgehead atoms. The quantitative estimate of drug-likeness (QED) is 0.218. The second kappa shape index (κ2) is 12.6. The van der Waals surface area contributed by atoms with Gasteiger partial charge in [0, 0.05) is 19.2 Å². The molecule has 0 amide bonds. The summed E-state index contributed by atoms with van der Waals surface area (Å²) >= 11 is 0. The largest absolute Gasteiger partial charge is 0.493 e. The molecule has 1 aromatic carbocycles. The number of nitrogens with zero attached hydrogens (tertiary/aromatic N) is 1. The highest BCUT2D eigenvalue weighted by Crippen LogP contribution is 2.34. The second-order valence-corrected chi connectivity index (χ2v) is 7.43. The average molecular weight is 557 g/mol. The van der Waals surface area contributed by atoms with Crippen LogP contribution in [0.25, 0.3) is 0 Å². The van der Waals surface area contributed by atoms with Gasteiger partial charge in [0.15, 0.2) is 17.5 Å². The minimum absolute atomic E-state index is 0. The van der Waals surface area contributed by atoms with Gasteiger partial charge in [-0.2, -0.15) is 0 Å². The fourth-order valence-corrected chi connectivity index (χ4v) is 3.68. The van der Waals surface area contributed by atoms with Crippen molar-refractivity contribution in [2.45, 2.75) is 51.8 Å². The Labute approximate surface area is 206 Å². The van der Waals surface area contributed by atoms with E-state index in [-0.39, 0.29) is 30.1 Å². The minimum atomic E-state index is -0.414. The molecule has 1 aromatic heterocycles. The zero-order valence-corrected chi connectivity index (χ0v) is 21.4. The Morgan fingerprint density at radius 2 is 1.91 bits per heavy atom. The van der Waals surface area contributed by atoms with Crippen LogP contribution in [0.1, 0.15) is 53.1 Å². The molecular weight excluding hydrogens is 525 g/mol. The van der Waals surface area contributed by atoms with Gasteiger partial charge in [0.2, 0.25) is 0 Å². The van der Waals surface area contributed by atoms with Gasteiger partial charge in [-0.3, -0.25) is 4.99 Å². The van der Waals surface area contributed by atoms with Crippen LogP contribution in [0.2, 0.25) is 0 Å². The van der Waals surface area contributed by atoms with Crippen LogP contribution < -0.4 is 20.1 Å². The predicted molar refractivity (Wildman–Crippen MR) is 133 cm³/mol. The van der Waals surface area contributed by atoms with E-state index in [1.54, 1.807) is 27.1 Å². The van der Waals surface area contributed by atoms with Crippen molar-refractivity contribution in [2.75, 3.05) is 21.3 Å². The smallest absolute Gasteiger partial charge is 0.341 e. The molecule has 1 fully saturated rings. The highest BCUT2D eigenvalue weighted by atomic mass is 127. The van der Waals surface area contributed by atoms with Gasteiger partial charge < -0.3 is 29.3 Å². The first-order valence-electron chi connectivity index (χ1n) is 10.5. The molecule has 0 aliphatic heterocycles. The van der Waals surface area contributed by atoms with E-state index in [0.717, 1.165) is 29.9 Å². The summed E-state index contributed by atoms with van der Waals surface area (Å²) in [5.41, 5.74) is 1.42. The Bertz CT molecular complexity index is 922. The van der Waals surface area contributed by atoms with Crippen molar-refractivity contribution >= 4 is 35.9 Å². The Hall–Kier alpha value is -2.43. The van der Waals surface area contributed by atoms with Gasteiger partial charge >= 0.3 is 5.97 Å². The molecule has 8 nitrogen and oxygen atoms in total. The first-order valence-corrected chi connectivity index (χ1v) is 10.5. The molecule has 0 atom stereocenters. The number of furan rings is 1. The maximum absolute atomic E-state index is 11.7. The van der Waals surface area contributed by atoms with Crippen LogP contribution >= 0.6 is 24.0 Å². The summed E-state index contributed by atoms with van der Waals surface area (Å²) in [7, 11) is 4.70. The van der Waals surface area contributed by atoms with Gasteiger partial charge in [0.1, 0.15) is 17.1 Å². The second-order valence-electron chi connectivity index (χ2n) is 7.43. The fraction of sp³-hybridized carbons (Fsp3) is 0.478. The van der Waals surface area contributed by atoms with Gasteiger partial charge in [-0.05, 0) is 44.7 Å². The lowest BCUT2D eigenvalue weighted by Crippen LogP contribution is -2.36. The van der Waals surface area contributed by atoms with Crippen LogP contribution in [0.3, 0.4) is 0 Å². The van der Waals surface area contributed by atoms with Crippen LogP contribution in [-0.4, -0.2) is 39.3 Å². The van der Waals surface area contributed by atoms with Crippen LogP contribution in [-0.2, 0) is 17.8 Å². The number of guanidine groups is 1. The molecule has 3 rings (SSSR count). The summed E-state index contributed by atoms with van der Waals surface area (Å²) in [6.45, 7) is 2.63. The normalized spacial score (nSPS) is 13.9. The number of benzene rings is 1. The van der Waals surface area contributed by atoms with Gasteiger partial charge in [-0.25, -0.2) is 4.79 Å². The molecule has 1 aliphatic rings. The van der Waals surface area contributed by atoms with Crippen molar-refractivity contribution in [3.8, 4) is 11.5 Å². The topological polar surface area (TPSA) is 94.3 Å². The van der Waals surface area contributed by atoms with Crippen LogP contribution in [0.4, 0.5) is 0 Å². The molecule has 2 N–H and O–H groups in total. The average Bonchev–Trinajstić information content (AvgIpc) is 3.43. The Morgan fingerprint density at radius 1 is 1.19 bits per heavy atom. The van der Waals surface area contributed by atoms with Crippen molar-refractivity contribution < 1.29 is 23.4 Å². The molecule has 0 spiro atoms. The van der Waals surface area contributed by atoms with Crippen LogP contribution in [0.15, 0.2) is 33.7 Å². The molecule has 2 aromatic rings. The fourth-order valence-electron chi connectivity index (χ4n) is 3.68. The Morgan fingerprint density at radius 3 is 2.56 bits per heavy atom. The number of methoxy groups -OCH3 is 2. The van der Waals surface area contributed by atoms with Crippen molar-refractivity contribution in [1.29, 1.82) is 0 Å². The number of esters is 1. The first-order chi connectivity index (χ1) is 15.0. The first kappa shape index (κ1) is 25.8. The number of nitrogens with one attached hydrogen (secondary N) is 2. The Kier molecular flexibility index (Phi) is 10.1. The van der Waals surface area contributed by atoms with Gasteiger partial charge in [-0.15, -0.1) is 24.0 Å². The monoisotopic (exact) mass is 557 g/mol. The number of ether oxygens (including phenoxy) is 3. The lowest BCUT2D eigenvalue weighted by atomic mass is 10.1. The molecule has 176 valence electrons. The zero-order valence-electron chi connectivity index (χ0n) is 19.0. The molecule has 0 unspecified atom stereocenters. The Balaban J connectivity index is 0.00000363. The lowest BCUT2D eigenvalue weighted by Gasteiger charge is -2.20. The summed E-state index contributed by atoms with van der Waals surface area (Å²) < 4.78 is 22.2. The van der Waals surface area contributed by atoms with E-state index in [0.29, 0.717) is 36.1 Å². The number of rotatable bonds is 8. The number of carbonyl (C=O) groups is 1. The van der Waals surface area contributed by atoms with Crippen molar-refractivity contribution in [3.05, 3.63) is 46.9 Å². The van der Waals surface area contributed by atoms with E-state index in [2.05, 4.69) is 15.6 Å². The minimum Gasteiger partial charge on any atom is -0.493 e. The molecule has 32 heavy (non-hydrogen) atoms. The van der Waals surface area contributed by atoms with E-state index >= 15 is 0 Å². The highest BCUT2D eigenvalue weighted by molar-refractivity contribution is 14.0. The van der Waals surface area contributed by atoms with E-state index in [4.69, 9.17) is 18.6 Å². The van der Waals surface area contributed by atoms with Crippen LogP contribution in [0.5, 0.6) is 11.5 Å². The van der Waals surface area contributed by atoms with E-state index in [1.165, 1.54) is 20.0 Å². The molecule has 1 aliphatic carbocycles. The highest BCUT2D eigenvalue weighted by Gasteiger charge is 2.21. The lowest BCUT2D eigenvalue weighted by molar-refractivity contribution is 0.0599. The molecular formula is C23H32IN3O5. The summed E-state index contributed by atoms with van der Waals surface area (Å²) in [6.07, 6.45) is 4.79. The number of para-hydroxylation sites is 1. The number of halogens is 1. The number of aliphatic imine (C=N–C) groups is 1. The summed E-state index contributed by atoms with van der Waals surface area (Å²) in [6, 6.07) is 7.56. The van der Waals surface area contributed by atoms with E-state index in [9.17, 15) is 4.79 Å². The van der Waals surface area contributed by atoms with Crippen molar-refractivity contribution in [2.24, 2.45) is 4.99 Å². The van der Waals surface area contributed by atoms with Crippen molar-refractivity contribution in [3.63, 3.8) is 0 Å². The van der Waals surface area contributed by atoms with Crippen molar-refractivity contribution in [1.82, 2.24) is 10.6 Å². The number of hydrogen-bond donors (Lipinski definition) is 2. The van der Waals surface area contributed by atoms with E-state index < -0.39 is 5.97 Å². The van der Waals surface area contributed by atoms with Gasteiger partial charge in [0.25, 0.3) is 0 Å². The SMILES string of the molecule is CN=C(NCc1cc(C(=O)OC)c(C)o1)NCc1cccc(OC)c1OC1CCCC1.I. The van der Waals surface area contributed by atoms with Gasteiger partial charge in [0.05, 0.1) is 26.9 Å². The third-order valence-corrected chi connectivity index (χ3v) is 5.34. The zero-order chi connectivity index (χ0) is 22.2. The maximum atomic E-state index is 11.7. The maximum Gasteiger partial charge on any atom is 0.341 e. The van der Waals surface area contributed by atoms with Gasteiger partial charge in [-0.1, -0.05) is 12.1 Å². The number of hydrogen-bond acceptors (Lipinski definition) is 6. The van der Waals surface area contributed by atoms with Crippen LogP contribution in [0, 0.1) is 6.92 Å². The number of aryl methyl sites for hydroxylation is 1. The van der Waals surface area contributed by atoms with E-state index in [1.807, 2.05) is 18.2 Å². The molecule has 1 saturated carbocycles. The molecule has 1 heterocycles. The third-order valence-electron chi connectivity index (χ3n) is 5.34. The molecule has 0 saturated heterocycles. The molecule has 9 heteroatoms. The third kappa shape index (κ3) is 6.54.